The van der Waals surface area contributed by atoms with Crippen molar-refractivity contribution in [2.45, 2.75) is 18.6 Å². The summed E-state index contributed by atoms with van der Waals surface area (Å²) in [6.45, 7) is 1.67. The van der Waals surface area contributed by atoms with E-state index in [2.05, 4.69) is 0 Å². The predicted octanol–water partition coefficient (Wildman–Crippen LogP) is 1.79. The molecule has 0 radical (unpaired) electrons. The molecular formula is C16H20FNO3. The Morgan fingerprint density at radius 3 is 2.86 bits per heavy atom. The van der Waals surface area contributed by atoms with Crippen molar-refractivity contribution in [1.82, 2.24) is 4.90 Å². The number of ether oxygens (including phenoxy) is 2. The van der Waals surface area contributed by atoms with Crippen LogP contribution in [0.25, 0.3) is 0 Å². The van der Waals surface area contributed by atoms with E-state index in [-0.39, 0.29) is 19.6 Å². The number of halogens is 1. The highest BCUT2D eigenvalue weighted by Crippen LogP contribution is 2.48. The Morgan fingerprint density at radius 2 is 2.14 bits per heavy atom. The molecular weight excluding hydrogens is 273 g/mol. The minimum atomic E-state index is -1.56. The number of likely N-dealkylation sites (tertiary alicyclic amines) is 1. The average Bonchev–Trinajstić information content (AvgIpc) is 2.80. The van der Waals surface area contributed by atoms with E-state index in [1.165, 1.54) is 7.11 Å². The number of carbonyl (C=O) groups is 1. The first kappa shape index (κ1) is 14.5. The Labute approximate surface area is 123 Å². The predicted molar refractivity (Wildman–Crippen MR) is 75.4 cm³/mol. The van der Waals surface area contributed by atoms with Crippen LogP contribution in [0, 0.1) is 5.41 Å². The Kier molecular flexibility index (Phi) is 3.71. The SMILES string of the molecule is COC(=O)[C@]12COCC[C@@]1(F)CN(Cc1ccccc1)C2. The molecule has 0 aliphatic carbocycles. The third kappa shape index (κ3) is 2.34. The second-order valence-electron chi connectivity index (χ2n) is 5.97. The molecule has 0 saturated carbocycles. The Balaban J connectivity index is 1.84. The fraction of sp³-hybridized carbons (Fsp3) is 0.562. The molecule has 2 atom stereocenters. The van der Waals surface area contributed by atoms with Crippen molar-refractivity contribution in [3.63, 3.8) is 0 Å². The van der Waals surface area contributed by atoms with Crippen LogP contribution in [-0.4, -0.2) is 50.0 Å². The Bertz CT molecular complexity index is 524. The number of hydrogen-bond donors (Lipinski definition) is 0. The molecule has 0 N–H and O–H groups in total. The van der Waals surface area contributed by atoms with Gasteiger partial charge in [-0.1, -0.05) is 30.3 Å². The molecule has 2 fully saturated rings. The smallest absolute Gasteiger partial charge is 0.318 e. The zero-order valence-corrected chi connectivity index (χ0v) is 12.2. The summed E-state index contributed by atoms with van der Waals surface area (Å²) in [4.78, 5) is 14.2. The maximum atomic E-state index is 15.4. The van der Waals surface area contributed by atoms with E-state index in [1.54, 1.807) is 0 Å². The van der Waals surface area contributed by atoms with E-state index in [9.17, 15) is 4.79 Å². The lowest BCUT2D eigenvalue weighted by Gasteiger charge is -2.40. The van der Waals surface area contributed by atoms with Crippen molar-refractivity contribution >= 4 is 5.97 Å². The van der Waals surface area contributed by atoms with Gasteiger partial charge in [-0.25, -0.2) is 4.39 Å². The monoisotopic (exact) mass is 293 g/mol. The van der Waals surface area contributed by atoms with Crippen molar-refractivity contribution in [2.75, 3.05) is 33.4 Å². The van der Waals surface area contributed by atoms with Gasteiger partial charge in [0.05, 0.1) is 13.7 Å². The summed E-state index contributed by atoms with van der Waals surface area (Å²) < 4.78 is 25.7. The van der Waals surface area contributed by atoms with E-state index in [0.29, 0.717) is 19.7 Å². The largest absolute Gasteiger partial charge is 0.468 e. The molecule has 2 aliphatic rings. The van der Waals surface area contributed by atoms with Crippen LogP contribution in [-0.2, 0) is 20.8 Å². The molecule has 5 heteroatoms. The van der Waals surface area contributed by atoms with Crippen LogP contribution in [0.4, 0.5) is 4.39 Å². The Morgan fingerprint density at radius 1 is 1.38 bits per heavy atom. The van der Waals surface area contributed by atoms with Crippen molar-refractivity contribution in [2.24, 2.45) is 5.41 Å². The van der Waals surface area contributed by atoms with E-state index in [0.717, 1.165) is 5.56 Å². The lowest BCUT2D eigenvalue weighted by molar-refractivity contribution is -0.175. The fourth-order valence-electron chi connectivity index (χ4n) is 3.51. The van der Waals surface area contributed by atoms with Crippen molar-refractivity contribution in [3.05, 3.63) is 35.9 Å². The van der Waals surface area contributed by atoms with Gasteiger partial charge >= 0.3 is 5.97 Å². The van der Waals surface area contributed by atoms with Crippen molar-refractivity contribution < 1.29 is 18.7 Å². The average molecular weight is 293 g/mol. The summed E-state index contributed by atoms with van der Waals surface area (Å²) in [5.74, 6) is -0.500. The van der Waals surface area contributed by atoms with E-state index in [4.69, 9.17) is 9.47 Å². The number of alkyl halides is 1. The number of carbonyl (C=O) groups excluding carboxylic acids is 1. The molecule has 0 spiro atoms. The fourth-order valence-corrected chi connectivity index (χ4v) is 3.51. The van der Waals surface area contributed by atoms with Crippen LogP contribution in [0.1, 0.15) is 12.0 Å². The number of fused-ring (bicyclic) bond motifs is 1. The summed E-state index contributed by atoms with van der Waals surface area (Å²) in [5, 5.41) is 0. The molecule has 2 aliphatic heterocycles. The van der Waals surface area contributed by atoms with Gasteiger partial charge in [-0.2, -0.15) is 0 Å². The molecule has 2 heterocycles. The maximum Gasteiger partial charge on any atom is 0.318 e. The number of esters is 1. The number of nitrogens with zero attached hydrogens (tertiary/aromatic N) is 1. The Hall–Kier alpha value is -1.46. The molecule has 2 saturated heterocycles. The van der Waals surface area contributed by atoms with Gasteiger partial charge in [0.25, 0.3) is 0 Å². The molecule has 1 aromatic rings. The third-order valence-electron chi connectivity index (χ3n) is 4.64. The summed E-state index contributed by atoms with van der Waals surface area (Å²) in [5.41, 5.74) is -1.64. The number of hydrogen-bond acceptors (Lipinski definition) is 4. The summed E-state index contributed by atoms with van der Waals surface area (Å²) >= 11 is 0. The quantitative estimate of drug-likeness (QED) is 0.797. The van der Waals surface area contributed by atoms with Crippen LogP contribution >= 0.6 is 0 Å². The molecule has 1 aromatic carbocycles. The van der Waals surface area contributed by atoms with Crippen LogP contribution in [0.2, 0.25) is 0 Å². The first-order valence-electron chi connectivity index (χ1n) is 7.21. The van der Waals surface area contributed by atoms with Gasteiger partial charge in [0.1, 0.15) is 11.1 Å². The van der Waals surface area contributed by atoms with Gasteiger partial charge in [-0.3, -0.25) is 9.69 Å². The molecule has 114 valence electrons. The number of rotatable bonds is 3. The zero-order valence-electron chi connectivity index (χ0n) is 12.2. The highest BCUT2D eigenvalue weighted by molar-refractivity contribution is 5.80. The van der Waals surface area contributed by atoms with Crippen LogP contribution in [0.15, 0.2) is 30.3 Å². The van der Waals surface area contributed by atoms with E-state index < -0.39 is 17.1 Å². The van der Waals surface area contributed by atoms with E-state index >= 15 is 4.39 Å². The van der Waals surface area contributed by atoms with Gasteiger partial charge in [0, 0.05) is 32.7 Å². The highest BCUT2D eigenvalue weighted by atomic mass is 19.1. The van der Waals surface area contributed by atoms with Crippen molar-refractivity contribution in [1.29, 1.82) is 0 Å². The summed E-state index contributed by atoms with van der Waals surface area (Å²) in [6.07, 6.45) is 0.243. The van der Waals surface area contributed by atoms with Gasteiger partial charge in [0.2, 0.25) is 0 Å². The van der Waals surface area contributed by atoms with Gasteiger partial charge < -0.3 is 9.47 Å². The summed E-state index contributed by atoms with van der Waals surface area (Å²) in [6, 6.07) is 9.89. The van der Waals surface area contributed by atoms with Crippen LogP contribution < -0.4 is 0 Å². The topological polar surface area (TPSA) is 38.8 Å². The molecule has 0 aromatic heterocycles. The normalized spacial score (nSPS) is 32.7. The molecule has 0 unspecified atom stereocenters. The minimum Gasteiger partial charge on any atom is -0.468 e. The molecule has 0 amide bonds. The molecule has 0 bridgehead atoms. The van der Waals surface area contributed by atoms with Crippen LogP contribution in [0.5, 0.6) is 0 Å². The number of methoxy groups -OCH3 is 1. The molecule has 3 rings (SSSR count). The maximum absolute atomic E-state index is 15.4. The molecule has 21 heavy (non-hydrogen) atoms. The second-order valence-corrected chi connectivity index (χ2v) is 5.97. The minimum absolute atomic E-state index is 0.0987. The number of benzene rings is 1. The zero-order chi connectivity index (χ0) is 14.9. The summed E-state index contributed by atoms with van der Waals surface area (Å²) in [7, 11) is 1.31. The standard InChI is InChI=1S/C16H20FNO3/c1-20-14(19)15-10-18(9-13-5-3-2-4-6-13)11-16(15,17)7-8-21-12-15/h2-6H,7-12H2,1H3/t15-,16+/m0/s1. The van der Waals surface area contributed by atoms with Gasteiger partial charge in [-0.05, 0) is 5.56 Å². The lowest BCUT2D eigenvalue weighted by Crippen LogP contribution is -2.56. The molecule has 4 nitrogen and oxygen atoms in total. The van der Waals surface area contributed by atoms with E-state index in [1.807, 2.05) is 35.2 Å². The van der Waals surface area contributed by atoms with Crippen LogP contribution in [0.3, 0.4) is 0 Å². The first-order chi connectivity index (χ1) is 10.1. The first-order valence-corrected chi connectivity index (χ1v) is 7.21. The third-order valence-corrected chi connectivity index (χ3v) is 4.64. The van der Waals surface area contributed by atoms with Crippen molar-refractivity contribution in [3.8, 4) is 0 Å². The van der Waals surface area contributed by atoms with Gasteiger partial charge in [-0.15, -0.1) is 0 Å². The lowest BCUT2D eigenvalue weighted by atomic mass is 9.73. The van der Waals surface area contributed by atoms with Gasteiger partial charge in [0.15, 0.2) is 0 Å². The second kappa shape index (κ2) is 5.39. The highest BCUT2D eigenvalue weighted by Gasteiger charge is 2.65.